The van der Waals surface area contributed by atoms with Gasteiger partial charge in [0.1, 0.15) is 15.7 Å². The molecule has 18 heavy (non-hydrogen) atoms. The number of nitrogens with one attached hydrogen (secondary N) is 1. The van der Waals surface area contributed by atoms with Gasteiger partial charge >= 0.3 is 0 Å². The van der Waals surface area contributed by atoms with Gasteiger partial charge in [-0.15, -0.1) is 0 Å². The van der Waals surface area contributed by atoms with Crippen molar-refractivity contribution in [2.75, 3.05) is 38.0 Å². The van der Waals surface area contributed by atoms with Crippen molar-refractivity contribution in [2.45, 2.75) is 6.54 Å². The Morgan fingerprint density at radius 1 is 1.44 bits per heavy atom. The van der Waals surface area contributed by atoms with Crippen molar-refractivity contribution >= 4 is 27.3 Å². The number of hydrogen-bond acceptors (Lipinski definition) is 5. The molecule has 1 aromatic rings. The second-order valence-corrected chi connectivity index (χ2v) is 6.91. The molecule has 7 heteroatoms. The Bertz CT molecular complexity index is 505. The van der Waals surface area contributed by atoms with Crippen molar-refractivity contribution < 1.29 is 8.42 Å². The first-order valence-electron chi connectivity index (χ1n) is 5.51. The number of rotatable bonds is 6. The van der Waals surface area contributed by atoms with Gasteiger partial charge in [0.25, 0.3) is 0 Å². The van der Waals surface area contributed by atoms with Gasteiger partial charge < -0.3 is 5.32 Å². The lowest BCUT2D eigenvalue weighted by Crippen LogP contribution is -2.25. The van der Waals surface area contributed by atoms with Gasteiger partial charge in [0.15, 0.2) is 0 Å². The fraction of sp³-hybridized carbons (Fsp3) is 0.545. The van der Waals surface area contributed by atoms with E-state index >= 15 is 0 Å². The molecule has 1 aromatic heterocycles. The number of sulfone groups is 1. The maximum atomic E-state index is 11.1. The highest BCUT2D eigenvalue weighted by atomic mass is 35.5. The van der Waals surface area contributed by atoms with E-state index in [1.165, 1.54) is 6.26 Å². The van der Waals surface area contributed by atoms with Crippen LogP contribution in [0.5, 0.6) is 0 Å². The Labute approximate surface area is 113 Å². The van der Waals surface area contributed by atoms with Gasteiger partial charge in [-0.05, 0) is 19.2 Å². The molecule has 0 aromatic carbocycles. The quantitative estimate of drug-likeness (QED) is 0.855. The van der Waals surface area contributed by atoms with Crippen LogP contribution in [0.25, 0.3) is 0 Å². The third-order valence-corrected chi connectivity index (χ3v) is 3.71. The van der Waals surface area contributed by atoms with Crippen LogP contribution in [0, 0.1) is 0 Å². The van der Waals surface area contributed by atoms with Crippen LogP contribution in [0.15, 0.2) is 12.1 Å². The minimum atomic E-state index is -2.94. The van der Waals surface area contributed by atoms with Gasteiger partial charge in [-0.3, -0.25) is 4.90 Å². The summed E-state index contributed by atoms with van der Waals surface area (Å²) < 4.78 is 22.2. The van der Waals surface area contributed by atoms with Gasteiger partial charge in [0.05, 0.1) is 16.5 Å². The molecule has 0 atom stereocenters. The normalized spacial score (nSPS) is 11.8. The highest BCUT2D eigenvalue weighted by molar-refractivity contribution is 7.90. The van der Waals surface area contributed by atoms with E-state index in [0.717, 1.165) is 11.5 Å². The molecule has 0 radical (unpaired) electrons. The predicted molar refractivity (Wildman–Crippen MR) is 74.8 cm³/mol. The predicted octanol–water partition coefficient (Wildman–Crippen LogP) is 1.25. The zero-order valence-corrected chi connectivity index (χ0v) is 12.3. The Hall–Kier alpha value is -0.850. The summed E-state index contributed by atoms with van der Waals surface area (Å²) in [6, 6.07) is 3.57. The molecule has 1 N–H and O–H groups in total. The van der Waals surface area contributed by atoms with Crippen molar-refractivity contribution in [1.29, 1.82) is 0 Å². The van der Waals surface area contributed by atoms with Crippen molar-refractivity contribution in [3.8, 4) is 0 Å². The van der Waals surface area contributed by atoms with Crippen LogP contribution in [0.1, 0.15) is 5.69 Å². The second kappa shape index (κ2) is 6.36. The third kappa shape index (κ3) is 5.20. The van der Waals surface area contributed by atoms with E-state index in [4.69, 9.17) is 11.6 Å². The topological polar surface area (TPSA) is 62.3 Å². The zero-order chi connectivity index (χ0) is 13.8. The molecule has 1 heterocycles. The van der Waals surface area contributed by atoms with Crippen molar-refractivity contribution in [1.82, 2.24) is 9.88 Å². The molecular formula is C11H18ClN3O2S. The highest BCUT2D eigenvalue weighted by Gasteiger charge is 2.09. The molecule has 0 saturated heterocycles. The van der Waals surface area contributed by atoms with Crippen molar-refractivity contribution in [3.63, 3.8) is 0 Å². The van der Waals surface area contributed by atoms with E-state index in [1.54, 1.807) is 19.2 Å². The summed E-state index contributed by atoms with van der Waals surface area (Å²) in [7, 11) is 0.686. The van der Waals surface area contributed by atoms with Crippen molar-refractivity contribution in [2.24, 2.45) is 0 Å². The summed E-state index contributed by atoms with van der Waals surface area (Å²) in [5.74, 6) is 0.873. The van der Waals surface area contributed by atoms with E-state index in [-0.39, 0.29) is 5.75 Å². The Balaban J connectivity index is 2.66. The minimum absolute atomic E-state index is 0.132. The van der Waals surface area contributed by atoms with Crippen LogP contribution in [0.4, 0.5) is 5.82 Å². The lowest BCUT2D eigenvalue weighted by molar-refractivity contribution is 0.342. The number of pyridine rings is 1. The first kappa shape index (κ1) is 15.2. The molecule has 5 nitrogen and oxygen atoms in total. The van der Waals surface area contributed by atoms with E-state index in [0.29, 0.717) is 18.1 Å². The Morgan fingerprint density at radius 2 is 2.11 bits per heavy atom. The molecule has 0 saturated carbocycles. The molecule has 0 unspecified atom stereocenters. The monoisotopic (exact) mass is 291 g/mol. The molecule has 0 aliphatic heterocycles. The fourth-order valence-corrected chi connectivity index (χ4v) is 2.20. The van der Waals surface area contributed by atoms with Gasteiger partial charge in [0, 0.05) is 26.4 Å². The van der Waals surface area contributed by atoms with E-state index in [1.807, 2.05) is 11.9 Å². The van der Waals surface area contributed by atoms with Gasteiger partial charge in [0.2, 0.25) is 0 Å². The lowest BCUT2D eigenvalue weighted by atomic mass is 10.3. The average Bonchev–Trinajstić information content (AvgIpc) is 2.28. The molecule has 0 bridgehead atoms. The van der Waals surface area contributed by atoms with Crippen LogP contribution >= 0.6 is 11.6 Å². The number of halogens is 1. The number of anilines is 1. The molecule has 102 valence electrons. The van der Waals surface area contributed by atoms with Gasteiger partial charge in [-0.2, -0.15) is 0 Å². The fourth-order valence-electron chi connectivity index (χ4n) is 1.39. The summed E-state index contributed by atoms with van der Waals surface area (Å²) in [6.45, 7) is 0.977. The highest BCUT2D eigenvalue weighted by Crippen LogP contribution is 2.17. The van der Waals surface area contributed by atoms with E-state index in [9.17, 15) is 8.42 Å². The van der Waals surface area contributed by atoms with Crippen molar-refractivity contribution in [3.05, 3.63) is 22.8 Å². The smallest absolute Gasteiger partial charge is 0.148 e. The SMILES string of the molecule is CNc1ccc(Cl)c(CN(C)CCS(C)(=O)=O)n1. The Morgan fingerprint density at radius 3 is 2.67 bits per heavy atom. The van der Waals surface area contributed by atoms with E-state index < -0.39 is 9.84 Å². The molecule has 0 spiro atoms. The van der Waals surface area contributed by atoms with Crippen LogP contribution in [-0.2, 0) is 16.4 Å². The number of nitrogens with zero attached hydrogens (tertiary/aromatic N) is 2. The summed E-state index contributed by atoms with van der Waals surface area (Å²) in [4.78, 5) is 6.22. The first-order valence-corrected chi connectivity index (χ1v) is 7.95. The molecule has 0 aliphatic rings. The Kier molecular flexibility index (Phi) is 5.37. The summed E-state index contributed by atoms with van der Waals surface area (Å²) in [6.07, 6.45) is 1.23. The zero-order valence-electron chi connectivity index (χ0n) is 10.8. The molecule has 0 fully saturated rings. The summed E-state index contributed by atoms with van der Waals surface area (Å²) in [5.41, 5.74) is 0.736. The van der Waals surface area contributed by atoms with E-state index in [2.05, 4.69) is 10.3 Å². The molecule has 1 rings (SSSR count). The lowest BCUT2D eigenvalue weighted by Gasteiger charge is -2.16. The summed E-state index contributed by atoms with van der Waals surface area (Å²) in [5, 5.41) is 3.52. The number of hydrogen-bond donors (Lipinski definition) is 1. The maximum absolute atomic E-state index is 11.1. The maximum Gasteiger partial charge on any atom is 0.148 e. The number of aromatic nitrogens is 1. The standard InChI is InChI=1S/C11H18ClN3O2S/c1-13-11-5-4-9(12)10(14-11)8-15(2)6-7-18(3,16)17/h4-5H,6-8H2,1-3H3,(H,13,14). The average molecular weight is 292 g/mol. The third-order valence-electron chi connectivity index (χ3n) is 2.44. The molecule has 0 aliphatic carbocycles. The second-order valence-electron chi connectivity index (χ2n) is 4.24. The summed E-state index contributed by atoms with van der Waals surface area (Å²) >= 11 is 6.05. The largest absolute Gasteiger partial charge is 0.373 e. The van der Waals surface area contributed by atoms with Crippen LogP contribution in [-0.4, -0.2) is 51.0 Å². The van der Waals surface area contributed by atoms with Crippen LogP contribution in [0.3, 0.4) is 0 Å². The van der Waals surface area contributed by atoms with Gasteiger partial charge in [-0.1, -0.05) is 11.6 Å². The van der Waals surface area contributed by atoms with Gasteiger partial charge in [-0.25, -0.2) is 13.4 Å². The molecular weight excluding hydrogens is 274 g/mol. The minimum Gasteiger partial charge on any atom is -0.373 e. The first-order chi connectivity index (χ1) is 8.31. The van der Waals surface area contributed by atoms with Crippen LogP contribution < -0.4 is 5.32 Å². The van der Waals surface area contributed by atoms with Crippen LogP contribution in [0.2, 0.25) is 5.02 Å². The molecule has 0 amide bonds.